The molecule has 0 amide bonds. The predicted octanol–water partition coefficient (Wildman–Crippen LogP) is 0.276. The van der Waals surface area contributed by atoms with Gasteiger partial charge in [0.05, 0.1) is 4.95 Å². The van der Waals surface area contributed by atoms with E-state index < -0.39 is 0 Å². The third kappa shape index (κ3) is 6.40. The van der Waals surface area contributed by atoms with Gasteiger partial charge in [-0.3, -0.25) is 0 Å². The Bertz CT molecular complexity index is 38.7. The first-order valence-corrected chi connectivity index (χ1v) is 3.26. The minimum absolute atomic E-state index is 0.385. The zero-order valence-corrected chi connectivity index (χ0v) is 6.03. The lowest BCUT2D eigenvalue weighted by atomic mass is 10.6. The minimum atomic E-state index is 0.385. The van der Waals surface area contributed by atoms with E-state index in [1.54, 1.807) is 0 Å². The largest absolute Gasteiger partial charge is 0.329 e. The van der Waals surface area contributed by atoms with E-state index in [0.717, 1.165) is 6.54 Å². The molecule has 0 spiro atoms. The Kier molecular flexibility index (Phi) is 4.82. The number of rotatable bonds is 3. The average Bonchev–Trinajstić information content (AvgIpc) is 1.61. The quantitative estimate of drug-likeness (QED) is 0.467. The van der Waals surface area contributed by atoms with E-state index in [4.69, 9.17) is 5.73 Å². The van der Waals surface area contributed by atoms with Gasteiger partial charge in [-0.25, -0.2) is 0 Å². The van der Waals surface area contributed by atoms with Gasteiger partial charge in [-0.1, -0.05) is 15.9 Å². The van der Waals surface area contributed by atoms with Crippen LogP contribution in [0.5, 0.6) is 0 Å². The van der Waals surface area contributed by atoms with Gasteiger partial charge in [0.25, 0.3) is 0 Å². The second-order valence-corrected chi connectivity index (χ2v) is 2.73. The molecular weight excluding hydrogens is 156 g/mol. The molecule has 0 aromatic heterocycles. The number of nitrogens with one attached hydrogen (secondary N) is 1. The lowest BCUT2D eigenvalue weighted by Crippen LogP contribution is -2.26. The first kappa shape index (κ1) is 7.40. The monoisotopic (exact) mass is 166 g/mol. The van der Waals surface area contributed by atoms with Crippen LogP contribution in [0.2, 0.25) is 0 Å². The number of nitrogens with two attached hydrogens (primary N) is 1. The Morgan fingerprint density at radius 3 is 2.57 bits per heavy atom. The number of hydrogen-bond acceptors (Lipinski definition) is 2. The summed E-state index contributed by atoms with van der Waals surface area (Å²) in [6.07, 6.45) is 0. The Labute approximate surface area is 52.6 Å². The normalized spacial score (nSPS) is 14.1. The third-order valence-corrected chi connectivity index (χ3v) is 0.894. The molecule has 0 aromatic carbocycles. The van der Waals surface area contributed by atoms with Crippen LogP contribution in [0.15, 0.2) is 0 Å². The maximum Gasteiger partial charge on any atom is 0.0602 e. The summed E-state index contributed by atoms with van der Waals surface area (Å²) >= 11 is 3.31. The minimum Gasteiger partial charge on any atom is -0.329 e. The molecule has 0 rings (SSSR count). The molecule has 0 saturated heterocycles. The summed E-state index contributed by atoms with van der Waals surface area (Å²) in [7, 11) is 0. The van der Waals surface area contributed by atoms with Crippen molar-refractivity contribution in [2.24, 2.45) is 5.73 Å². The molecule has 1 unspecified atom stereocenters. The van der Waals surface area contributed by atoms with Crippen molar-refractivity contribution in [3.63, 3.8) is 0 Å². The van der Waals surface area contributed by atoms with E-state index in [1.165, 1.54) is 0 Å². The smallest absolute Gasteiger partial charge is 0.0602 e. The molecule has 3 N–H and O–H groups in total. The Hall–Kier alpha value is 0.400. The van der Waals surface area contributed by atoms with Crippen LogP contribution >= 0.6 is 15.9 Å². The van der Waals surface area contributed by atoms with Crippen LogP contribution in [0.3, 0.4) is 0 Å². The standard InChI is InChI=1S/C4H11BrN2/c1-4(5)7-3-2-6/h4,7H,2-3,6H2,1H3. The molecule has 0 aliphatic heterocycles. The number of halogens is 1. The van der Waals surface area contributed by atoms with Crippen molar-refractivity contribution in [3.05, 3.63) is 0 Å². The molecule has 0 aliphatic rings. The van der Waals surface area contributed by atoms with E-state index in [1.807, 2.05) is 6.92 Å². The second kappa shape index (κ2) is 4.56. The van der Waals surface area contributed by atoms with Crippen molar-refractivity contribution in [3.8, 4) is 0 Å². The summed E-state index contributed by atoms with van der Waals surface area (Å²) in [4.78, 5) is 0.385. The highest BCUT2D eigenvalue weighted by Gasteiger charge is 1.87. The van der Waals surface area contributed by atoms with Crippen molar-refractivity contribution >= 4 is 15.9 Å². The van der Waals surface area contributed by atoms with Gasteiger partial charge in [0.15, 0.2) is 0 Å². The third-order valence-electron chi connectivity index (χ3n) is 0.570. The summed E-state index contributed by atoms with van der Waals surface area (Å²) in [6.45, 7) is 3.61. The zero-order valence-electron chi connectivity index (χ0n) is 4.45. The van der Waals surface area contributed by atoms with Crippen LogP contribution in [-0.4, -0.2) is 18.0 Å². The van der Waals surface area contributed by atoms with E-state index in [2.05, 4.69) is 21.2 Å². The van der Waals surface area contributed by atoms with Crippen molar-refractivity contribution in [1.29, 1.82) is 0 Å². The summed E-state index contributed by atoms with van der Waals surface area (Å²) in [6, 6.07) is 0. The molecule has 3 heteroatoms. The molecule has 0 fully saturated rings. The fourth-order valence-electron chi connectivity index (χ4n) is 0.282. The zero-order chi connectivity index (χ0) is 5.70. The van der Waals surface area contributed by atoms with E-state index in [0.29, 0.717) is 11.5 Å². The van der Waals surface area contributed by atoms with Gasteiger partial charge >= 0.3 is 0 Å². The molecule has 2 nitrogen and oxygen atoms in total. The van der Waals surface area contributed by atoms with Gasteiger partial charge in [0.2, 0.25) is 0 Å². The molecule has 0 aliphatic carbocycles. The van der Waals surface area contributed by atoms with Gasteiger partial charge in [-0.15, -0.1) is 0 Å². The summed E-state index contributed by atoms with van der Waals surface area (Å²) in [5.74, 6) is 0. The first-order chi connectivity index (χ1) is 3.27. The molecule has 1 atom stereocenters. The Morgan fingerprint density at radius 2 is 2.43 bits per heavy atom. The van der Waals surface area contributed by atoms with E-state index in [9.17, 15) is 0 Å². The van der Waals surface area contributed by atoms with Gasteiger partial charge in [-0.05, 0) is 6.92 Å². The van der Waals surface area contributed by atoms with Crippen LogP contribution in [0.25, 0.3) is 0 Å². The van der Waals surface area contributed by atoms with Crippen molar-refractivity contribution < 1.29 is 0 Å². The molecule has 0 bridgehead atoms. The Balaban J connectivity index is 2.68. The maximum atomic E-state index is 5.19. The van der Waals surface area contributed by atoms with Gasteiger partial charge < -0.3 is 11.1 Å². The average molecular weight is 167 g/mol. The van der Waals surface area contributed by atoms with E-state index >= 15 is 0 Å². The molecule has 44 valence electrons. The molecule has 0 saturated carbocycles. The lowest BCUT2D eigenvalue weighted by molar-refractivity contribution is 0.698. The molecular formula is C4H11BrN2. The topological polar surface area (TPSA) is 38.0 Å². The fourth-order valence-corrected chi connectivity index (χ4v) is 0.511. The van der Waals surface area contributed by atoms with Crippen LogP contribution in [0.1, 0.15) is 6.92 Å². The molecule has 0 radical (unpaired) electrons. The number of alkyl halides is 1. The highest BCUT2D eigenvalue weighted by atomic mass is 79.9. The fraction of sp³-hybridized carbons (Fsp3) is 1.00. The van der Waals surface area contributed by atoms with E-state index in [-0.39, 0.29) is 0 Å². The van der Waals surface area contributed by atoms with Gasteiger partial charge in [0, 0.05) is 13.1 Å². The van der Waals surface area contributed by atoms with Crippen LogP contribution in [0, 0.1) is 0 Å². The maximum absolute atomic E-state index is 5.19. The molecule has 0 heterocycles. The number of hydrogen-bond donors (Lipinski definition) is 2. The summed E-state index contributed by atoms with van der Waals surface area (Å²) in [5.41, 5.74) is 5.19. The van der Waals surface area contributed by atoms with Crippen molar-refractivity contribution in [2.45, 2.75) is 11.9 Å². The van der Waals surface area contributed by atoms with Gasteiger partial charge in [0.1, 0.15) is 0 Å². The summed E-state index contributed by atoms with van der Waals surface area (Å²) < 4.78 is 0. The lowest BCUT2D eigenvalue weighted by Gasteiger charge is -2.01. The Morgan fingerprint density at radius 1 is 1.86 bits per heavy atom. The van der Waals surface area contributed by atoms with Crippen LogP contribution < -0.4 is 11.1 Å². The second-order valence-electron chi connectivity index (χ2n) is 1.36. The van der Waals surface area contributed by atoms with Crippen LogP contribution in [0.4, 0.5) is 0 Å². The predicted molar refractivity (Wildman–Crippen MR) is 35.4 cm³/mol. The van der Waals surface area contributed by atoms with Gasteiger partial charge in [-0.2, -0.15) is 0 Å². The van der Waals surface area contributed by atoms with Crippen molar-refractivity contribution in [2.75, 3.05) is 13.1 Å². The SMILES string of the molecule is CC(Br)NCCN. The van der Waals surface area contributed by atoms with Crippen LogP contribution in [-0.2, 0) is 0 Å². The highest BCUT2D eigenvalue weighted by Crippen LogP contribution is 1.87. The highest BCUT2D eigenvalue weighted by molar-refractivity contribution is 9.09. The van der Waals surface area contributed by atoms with Crippen molar-refractivity contribution in [1.82, 2.24) is 5.32 Å². The first-order valence-electron chi connectivity index (χ1n) is 2.35. The molecule has 0 aromatic rings. The summed E-state index contributed by atoms with van der Waals surface area (Å²) in [5, 5.41) is 3.09. The molecule has 7 heavy (non-hydrogen) atoms.